The Hall–Kier alpha value is -3.17. The van der Waals surface area contributed by atoms with E-state index in [0.717, 1.165) is 27.0 Å². The van der Waals surface area contributed by atoms with Crippen LogP contribution in [-0.4, -0.2) is 41.9 Å². The van der Waals surface area contributed by atoms with Gasteiger partial charge in [-0.2, -0.15) is 5.10 Å². The summed E-state index contributed by atoms with van der Waals surface area (Å²) < 4.78 is 10.0. The average Bonchev–Trinajstić information content (AvgIpc) is 3.46. The van der Waals surface area contributed by atoms with Gasteiger partial charge in [0, 0.05) is 10.0 Å². The van der Waals surface area contributed by atoms with E-state index in [1.807, 2.05) is 57.8 Å². The number of halogens is 2. The molecule has 4 aromatic rings. The number of benzene rings is 2. The summed E-state index contributed by atoms with van der Waals surface area (Å²) in [7, 11) is 0. The van der Waals surface area contributed by atoms with Gasteiger partial charge >= 0.3 is 6.09 Å². The van der Waals surface area contributed by atoms with E-state index in [9.17, 15) is 4.79 Å². The number of rotatable bonds is 3. The fraction of sp³-hybridized carbons (Fsp3) is 0.182. The van der Waals surface area contributed by atoms with Crippen LogP contribution in [0.2, 0.25) is 5.15 Å². The lowest BCUT2D eigenvalue weighted by Crippen LogP contribution is -2.27. The first kappa shape index (κ1) is 19.5. The van der Waals surface area contributed by atoms with Crippen molar-refractivity contribution in [3.05, 3.63) is 81.6 Å². The summed E-state index contributed by atoms with van der Waals surface area (Å²) in [4.78, 5) is 23.2. The molecule has 1 saturated heterocycles. The number of amides is 1. The smallest absolute Gasteiger partial charge is 0.410 e. The van der Waals surface area contributed by atoms with Crippen LogP contribution < -0.4 is 0 Å². The van der Waals surface area contributed by atoms with E-state index in [1.54, 1.807) is 11.2 Å². The quantitative estimate of drug-likeness (QED) is 0.354. The van der Waals surface area contributed by atoms with Gasteiger partial charge in [0.25, 0.3) is 0 Å². The Morgan fingerprint density at radius 3 is 2.88 bits per heavy atom. The molecule has 2 aliphatic rings. The zero-order chi connectivity index (χ0) is 21.8. The van der Waals surface area contributed by atoms with Gasteiger partial charge in [-0.25, -0.2) is 19.4 Å². The first-order valence-corrected chi connectivity index (χ1v) is 11.2. The third-order valence-corrected chi connectivity index (χ3v) is 6.57. The maximum Gasteiger partial charge on any atom is 0.410 e. The number of carbonyl (C=O) groups excluding carboxylic acids is 1. The normalized spacial score (nSPS) is 16.9. The van der Waals surface area contributed by atoms with Gasteiger partial charge in [0.05, 0.1) is 30.5 Å². The Bertz CT molecular complexity index is 1350. The van der Waals surface area contributed by atoms with Crippen molar-refractivity contribution in [1.29, 1.82) is 0 Å². The SMILES string of the molecule is O=C1OC[C@H](c2ccccc2)N1Cc1nc2n(n1)Cc1c(Cl)ncn1-c1ccc(Br)cc1-2. The summed E-state index contributed by atoms with van der Waals surface area (Å²) >= 11 is 9.93. The van der Waals surface area contributed by atoms with Crippen LogP contribution in [0.1, 0.15) is 23.1 Å². The topological polar surface area (TPSA) is 78.1 Å². The minimum absolute atomic E-state index is 0.177. The fourth-order valence-electron chi connectivity index (χ4n) is 4.23. The second-order valence-electron chi connectivity index (χ2n) is 7.65. The monoisotopic (exact) mass is 510 g/mol. The summed E-state index contributed by atoms with van der Waals surface area (Å²) in [5.41, 5.74) is 3.66. The van der Waals surface area contributed by atoms with Crippen LogP contribution >= 0.6 is 27.5 Å². The number of imidazole rings is 1. The summed E-state index contributed by atoms with van der Waals surface area (Å²) in [6, 6.07) is 15.6. The molecule has 8 nitrogen and oxygen atoms in total. The number of ether oxygens (including phenoxy) is 1. The Morgan fingerprint density at radius 1 is 1.19 bits per heavy atom. The lowest BCUT2D eigenvalue weighted by molar-refractivity contribution is 0.155. The van der Waals surface area contributed by atoms with Gasteiger partial charge < -0.3 is 4.74 Å². The molecule has 1 amide bonds. The molecule has 2 aromatic heterocycles. The number of hydrogen-bond donors (Lipinski definition) is 0. The average molecular weight is 512 g/mol. The molecule has 0 unspecified atom stereocenters. The zero-order valence-electron chi connectivity index (χ0n) is 16.7. The van der Waals surface area contributed by atoms with Crippen LogP contribution in [0.25, 0.3) is 17.1 Å². The molecule has 6 rings (SSSR count). The number of carbonyl (C=O) groups is 1. The first-order valence-electron chi connectivity index (χ1n) is 10.0. The van der Waals surface area contributed by atoms with Gasteiger partial charge in [-0.15, -0.1) is 0 Å². The van der Waals surface area contributed by atoms with Crippen molar-refractivity contribution in [3.63, 3.8) is 0 Å². The number of cyclic esters (lactones) is 1. The van der Waals surface area contributed by atoms with Crippen LogP contribution in [0.5, 0.6) is 0 Å². The van der Waals surface area contributed by atoms with Crippen LogP contribution in [0.4, 0.5) is 4.79 Å². The van der Waals surface area contributed by atoms with E-state index in [0.29, 0.717) is 30.0 Å². The Balaban J connectivity index is 1.41. The molecule has 4 heterocycles. The van der Waals surface area contributed by atoms with Gasteiger partial charge in [-0.05, 0) is 23.8 Å². The summed E-state index contributed by atoms with van der Waals surface area (Å²) in [5.74, 6) is 1.25. The van der Waals surface area contributed by atoms with Gasteiger partial charge in [-0.3, -0.25) is 9.47 Å². The molecule has 2 aromatic carbocycles. The van der Waals surface area contributed by atoms with Crippen LogP contribution in [0.3, 0.4) is 0 Å². The minimum atomic E-state index is -0.367. The molecular weight excluding hydrogens is 496 g/mol. The molecule has 0 N–H and O–H groups in total. The molecule has 32 heavy (non-hydrogen) atoms. The van der Waals surface area contributed by atoms with Gasteiger partial charge in [0.15, 0.2) is 16.8 Å². The summed E-state index contributed by atoms with van der Waals surface area (Å²) in [6.07, 6.45) is 1.34. The predicted molar refractivity (Wildman–Crippen MR) is 120 cm³/mol. The van der Waals surface area contributed by atoms with E-state index in [2.05, 4.69) is 20.9 Å². The molecule has 2 aliphatic heterocycles. The standard InChI is InChI=1S/C22H16BrClN6O2/c23-14-6-7-16-15(8-14)21-26-19(27-30(21)9-17-20(24)25-12-29(16)17)10-28-18(11-32-22(28)31)13-4-2-1-3-5-13/h1-8,12,18H,9-11H2/t18-/m1/s1. The van der Waals surface area contributed by atoms with E-state index in [4.69, 9.17) is 26.4 Å². The van der Waals surface area contributed by atoms with Crippen LogP contribution in [0.15, 0.2) is 59.3 Å². The summed E-state index contributed by atoms with van der Waals surface area (Å²) in [5, 5.41) is 5.15. The Morgan fingerprint density at radius 2 is 2.03 bits per heavy atom. The van der Waals surface area contributed by atoms with Crippen molar-refractivity contribution >= 4 is 33.6 Å². The molecular formula is C22H16BrClN6O2. The van der Waals surface area contributed by atoms with E-state index in [1.165, 1.54) is 0 Å². The van der Waals surface area contributed by atoms with E-state index >= 15 is 0 Å². The Labute approximate surface area is 196 Å². The van der Waals surface area contributed by atoms with Crippen molar-refractivity contribution < 1.29 is 9.53 Å². The molecule has 160 valence electrons. The highest BCUT2D eigenvalue weighted by atomic mass is 79.9. The van der Waals surface area contributed by atoms with Crippen molar-refractivity contribution in [2.75, 3.05) is 6.61 Å². The van der Waals surface area contributed by atoms with Crippen LogP contribution in [-0.2, 0) is 17.8 Å². The zero-order valence-corrected chi connectivity index (χ0v) is 19.0. The minimum Gasteiger partial charge on any atom is -0.447 e. The number of nitrogens with zero attached hydrogens (tertiary/aromatic N) is 6. The number of hydrogen-bond acceptors (Lipinski definition) is 5. The molecule has 1 fully saturated rings. The third kappa shape index (κ3) is 3.11. The Kier molecular flexibility index (Phi) is 4.55. The maximum atomic E-state index is 12.5. The molecule has 0 radical (unpaired) electrons. The van der Waals surface area contributed by atoms with Gasteiger partial charge in [0.2, 0.25) is 0 Å². The van der Waals surface area contributed by atoms with Gasteiger partial charge in [0.1, 0.15) is 12.9 Å². The highest BCUT2D eigenvalue weighted by Crippen LogP contribution is 2.35. The fourth-order valence-corrected chi connectivity index (χ4v) is 4.79. The molecule has 0 aliphatic carbocycles. The first-order chi connectivity index (χ1) is 15.6. The number of fused-ring (bicyclic) bond motifs is 5. The van der Waals surface area contributed by atoms with Crippen molar-refractivity contribution in [1.82, 2.24) is 29.2 Å². The molecule has 10 heteroatoms. The number of aromatic nitrogens is 5. The molecule has 0 saturated carbocycles. The summed E-state index contributed by atoms with van der Waals surface area (Å²) in [6.45, 7) is 0.968. The largest absolute Gasteiger partial charge is 0.447 e. The van der Waals surface area contributed by atoms with E-state index < -0.39 is 0 Å². The molecule has 0 spiro atoms. The molecule has 1 atom stereocenters. The third-order valence-electron chi connectivity index (χ3n) is 5.76. The second-order valence-corrected chi connectivity index (χ2v) is 8.93. The highest BCUT2D eigenvalue weighted by molar-refractivity contribution is 9.10. The van der Waals surface area contributed by atoms with Crippen LogP contribution in [0, 0.1) is 0 Å². The predicted octanol–water partition coefficient (Wildman–Crippen LogP) is 4.60. The van der Waals surface area contributed by atoms with Crippen molar-refractivity contribution in [3.8, 4) is 17.1 Å². The van der Waals surface area contributed by atoms with Gasteiger partial charge in [-0.1, -0.05) is 57.9 Å². The molecule has 0 bridgehead atoms. The maximum absolute atomic E-state index is 12.5. The lowest BCUT2D eigenvalue weighted by Gasteiger charge is -2.20. The second kappa shape index (κ2) is 7.46. The van der Waals surface area contributed by atoms with E-state index in [-0.39, 0.29) is 18.7 Å². The lowest BCUT2D eigenvalue weighted by atomic mass is 10.1. The van der Waals surface area contributed by atoms with Crippen molar-refractivity contribution in [2.45, 2.75) is 19.1 Å². The highest BCUT2D eigenvalue weighted by Gasteiger charge is 2.35. The van der Waals surface area contributed by atoms with Crippen molar-refractivity contribution in [2.24, 2.45) is 0 Å².